The Morgan fingerprint density at radius 2 is 2.06 bits per heavy atom. The van der Waals surface area contributed by atoms with Crippen molar-refractivity contribution in [1.29, 1.82) is 0 Å². The molecule has 2 N–H and O–H groups in total. The Hall–Kier alpha value is -1.06. The van der Waals surface area contributed by atoms with Gasteiger partial charge in [-0.05, 0) is 30.5 Å². The molecule has 0 saturated heterocycles. The number of likely N-dealkylation sites (N-methyl/N-ethyl adjacent to an activating group) is 1. The Bertz CT molecular complexity index is 432. The Balaban J connectivity index is 2.47. The first-order chi connectivity index (χ1) is 8.61. The summed E-state index contributed by atoms with van der Waals surface area (Å²) < 4.78 is 0. The lowest BCUT2D eigenvalue weighted by molar-refractivity contribution is -0.132. The molecule has 1 aromatic rings. The highest BCUT2D eigenvalue weighted by Gasteiger charge is 2.47. The summed E-state index contributed by atoms with van der Waals surface area (Å²) in [5.74, 6) is -0.114. The number of halogens is 1. The van der Waals surface area contributed by atoms with Crippen LogP contribution in [0.25, 0.3) is 0 Å². The Labute approximate surface area is 112 Å². The van der Waals surface area contributed by atoms with Crippen LogP contribution in [0.5, 0.6) is 0 Å². The molecule has 1 aromatic carbocycles. The summed E-state index contributed by atoms with van der Waals surface area (Å²) in [6.45, 7) is 0. The third-order valence-electron chi connectivity index (χ3n) is 3.86. The minimum Gasteiger partial charge on any atom is -0.392 e. The molecule has 0 aliphatic heterocycles. The average molecular weight is 268 g/mol. The van der Waals surface area contributed by atoms with E-state index in [1.54, 1.807) is 19.2 Å². The van der Waals surface area contributed by atoms with Crippen LogP contribution in [0.3, 0.4) is 0 Å². The lowest BCUT2D eigenvalue weighted by Gasteiger charge is -2.40. The van der Waals surface area contributed by atoms with Gasteiger partial charge in [-0.2, -0.15) is 0 Å². The summed E-state index contributed by atoms with van der Waals surface area (Å²) in [5.41, 5.74) is 0.0240. The fourth-order valence-corrected chi connectivity index (χ4v) is 2.98. The molecule has 18 heavy (non-hydrogen) atoms. The highest BCUT2D eigenvalue weighted by Crippen LogP contribution is 2.40. The third kappa shape index (κ3) is 2.13. The van der Waals surface area contributed by atoms with Crippen LogP contribution in [-0.4, -0.2) is 24.2 Å². The Morgan fingerprint density at radius 3 is 2.61 bits per heavy atom. The number of aliphatic hydroxyl groups is 1. The van der Waals surface area contributed by atoms with Crippen LogP contribution >= 0.6 is 11.6 Å². The zero-order valence-electron chi connectivity index (χ0n) is 10.4. The predicted octanol–water partition coefficient (Wildman–Crippen LogP) is 2.26. The smallest absolute Gasteiger partial charge is 0.233 e. The van der Waals surface area contributed by atoms with Crippen molar-refractivity contribution in [3.63, 3.8) is 0 Å². The van der Waals surface area contributed by atoms with Gasteiger partial charge in [0.1, 0.15) is 0 Å². The molecule has 0 bridgehead atoms. The lowest BCUT2D eigenvalue weighted by atomic mass is 9.66. The van der Waals surface area contributed by atoms with E-state index in [0.29, 0.717) is 17.9 Å². The van der Waals surface area contributed by atoms with Crippen molar-refractivity contribution >= 4 is 17.5 Å². The number of benzene rings is 1. The second-order valence-electron chi connectivity index (χ2n) is 4.82. The first-order valence-corrected chi connectivity index (χ1v) is 6.65. The molecular weight excluding hydrogens is 250 g/mol. The van der Waals surface area contributed by atoms with Crippen LogP contribution in [0.1, 0.15) is 31.2 Å². The van der Waals surface area contributed by atoms with Crippen molar-refractivity contribution in [2.75, 3.05) is 7.05 Å². The monoisotopic (exact) mass is 267 g/mol. The van der Waals surface area contributed by atoms with E-state index in [1.807, 2.05) is 12.1 Å². The summed E-state index contributed by atoms with van der Waals surface area (Å²) in [4.78, 5) is 12.3. The van der Waals surface area contributed by atoms with Gasteiger partial charge >= 0.3 is 0 Å². The standard InChI is InChI=1S/C14H18ClNO2/c1-16-13(18)14(9-3-2-4-12(14)17)10-5-7-11(15)8-6-10/h5-8,12,17H,2-4,9H2,1H3,(H,16,18)/t12-,14+/m1/s1. The minimum absolute atomic E-state index is 0.114. The fraction of sp³-hybridized carbons (Fsp3) is 0.500. The zero-order chi connectivity index (χ0) is 13.2. The molecule has 1 saturated carbocycles. The maximum absolute atomic E-state index is 12.3. The van der Waals surface area contributed by atoms with E-state index >= 15 is 0 Å². The molecule has 1 aliphatic rings. The molecule has 4 heteroatoms. The number of carbonyl (C=O) groups excluding carboxylic acids is 1. The van der Waals surface area contributed by atoms with Crippen molar-refractivity contribution < 1.29 is 9.90 Å². The number of rotatable bonds is 2. The number of aliphatic hydroxyl groups excluding tert-OH is 1. The van der Waals surface area contributed by atoms with Gasteiger partial charge in [0.2, 0.25) is 5.91 Å². The van der Waals surface area contributed by atoms with Crippen molar-refractivity contribution in [2.24, 2.45) is 0 Å². The van der Waals surface area contributed by atoms with E-state index in [4.69, 9.17) is 11.6 Å². The van der Waals surface area contributed by atoms with Gasteiger partial charge in [-0.25, -0.2) is 0 Å². The number of hydrogen-bond acceptors (Lipinski definition) is 2. The van der Waals surface area contributed by atoms with E-state index in [0.717, 1.165) is 18.4 Å². The largest absolute Gasteiger partial charge is 0.392 e. The summed E-state index contributed by atoms with van der Waals surface area (Å²) in [7, 11) is 1.61. The van der Waals surface area contributed by atoms with Crippen molar-refractivity contribution in [1.82, 2.24) is 5.32 Å². The van der Waals surface area contributed by atoms with Crippen LogP contribution < -0.4 is 5.32 Å². The second-order valence-corrected chi connectivity index (χ2v) is 5.26. The van der Waals surface area contributed by atoms with Gasteiger partial charge in [-0.3, -0.25) is 4.79 Å². The highest BCUT2D eigenvalue weighted by molar-refractivity contribution is 6.30. The SMILES string of the molecule is CNC(=O)[C@]1(c2ccc(Cl)cc2)CCCC[C@H]1O. The molecule has 1 fully saturated rings. The van der Waals surface area contributed by atoms with E-state index < -0.39 is 11.5 Å². The molecule has 1 aliphatic carbocycles. The molecule has 98 valence electrons. The summed E-state index contributed by atoms with van der Waals surface area (Å²) in [5, 5.41) is 13.7. The Morgan fingerprint density at radius 1 is 1.39 bits per heavy atom. The maximum Gasteiger partial charge on any atom is 0.233 e. The van der Waals surface area contributed by atoms with Crippen LogP contribution in [0.15, 0.2) is 24.3 Å². The third-order valence-corrected chi connectivity index (χ3v) is 4.11. The Kier molecular flexibility index (Phi) is 3.93. The number of nitrogens with one attached hydrogen (secondary N) is 1. The first-order valence-electron chi connectivity index (χ1n) is 6.27. The highest BCUT2D eigenvalue weighted by atomic mass is 35.5. The maximum atomic E-state index is 12.3. The second kappa shape index (κ2) is 5.29. The predicted molar refractivity (Wildman–Crippen MR) is 71.7 cm³/mol. The van der Waals surface area contributed by atoms with Gasteiger partial charge in [0.05, 0.1) is 11.5 Å². The fourth-order valence-electron chi connectivity index (χ4n) is 2.86. The lowest BCUT2D eigenvalue weighted by Crippen LogP contribution is -2.53. The topological polar surface area (TPSA) is 49.3 Å². The van der Waals surface area contributed by atoms with Gasteiger partial charge in [0.25, 0.3) is 0 Å². The van der Waals surface area contributed by atoms with Crippen molar-refractivity contribution in [3.8, 4) is 0 Å². The van der Waals surface area contributed by atoms with E-state index in [9.17, 15) is 9.90 Å². The van der Waals surface area contributed by atoms with Crippen LogP contribution in [0.2, 0.25) is 5.02 Å². The molecule has 1 amide bonds. The van der Waals surface area contributed by atoms with Gasteiger partial charge < -0.3 is 10.4 Å². The normalized spacial score (nSPS) is 27.8. The number of hydrogen-bond donors (Lipinski definition) is 2. The van der Waals surface area contributed by atoms with Crippen LogP contribution in [-0.2, 0) is 10.2 Å². The summed E-state index contributed by atoms with van der Waals surface area (Å²) in [6, 6.07) is 7.21. The van der Waals surface area contributed by atoms with Gasteiger partial charge in [0, 0.05) is 12.1 Å². The molecule has 0 unspecified atom stereocenters. The van der Waals surface area contributed by atoms with Crippen LogP contribution in [0, 0.1) is 0 Å². The van der Waals surface area contributed by atoms with Crippen LogP contribution in [0.4, 0.5) is 0 Å². The molecule has 0 spiro atoms. The van der Waals surface area contributed by atoms with Crippen molar-refractivity contribution in [2.45, 2.75) is 37.2 Å². The van der Waals surface area contributed by atoms with E-state index in [2.05, 4.69) is 5.32 Å². The number of carbonyl (C=O) groups is 1. The average Bonchev–Trinajstić information content (AvgIpc) is 2.40. The van der Waals surface area contributed by atoms with Gasteiger partial charge in [-0.15, -0.1) is 0 Å². The minimum atomic E-state index is -0.822. The first kappa shape index (κ1) is 13.4. The molecule has 0 radical (unpaired) electrons. The molecule has 0 heterocycles. The summed E-state index contributed by atoms with van der Waals surface area (Å²) >= 11 is 5.88. The van der Waals surface area contributed by atoms with E-state index in [-0.39, 0.29) is 5.91 Å². The molecule has 3 nitrogen and oxygen atoms in total. The van der Waals surface area contributed by atoms with Gasteiger partial charge in [-0.1, -0.05) is 36.6 Å². The molecule has 0 aromatic heterocycles. The zero-order valence-corrected chi connectivity index (χ0v) is 11.2. The van der Waals surface area contributed by atoms with Crippen molar-refractivity contribution in [3.05, 3.63) is 34.9 Å². The quantitative estimate of drug-likeness (QED) is 0.864. The molecule has 2 atom stereocenters. The van der Waals surface area contributed by atoms with E-state index in [1.165, 1.54) is 0 Å². The van der Waals surface area contributed by atoms with Gasteiger partial charge in [0.15, 0.2) is 0 Å². The summed E-state index contributed by atoms with van der Waals surface area (Å²) in [6.07, 6.45) is 2.62. The molecule has 2 rings (SSSR count). The molecular formula is C14H18ClNO2. The number of amides is 1.